The number of unbranched alkanes of at least 4 members (excludes halogenated alkanes) is 1. The van der Waals surface area contributed by atoms with Crippen LogP contribution in [0.5, 0.6) is 0 Å². The molecule has 4 aliphatic rings. The number of esters is 1. The van der Waals surface area contributed by atoms with Crippen LogP contribution in [0, 0.1) is 29.6 Å². The van der Waals surface area contributed by atoms with Gasteiger partial charge in [-0.3, -0.25) is 14.4 Å². The number of nitrogens with one attached hydrogen (secondary N) is 1. The quantitative estimate of drug-likeness (QED) is 0.00701. The van der Waals surface area contributed by atoms with Crippen LogP contribution in [-0.2, 0) is 95.8 Å². The predicted octanol–water partition coefficient (Wildman–Crippen LogP) is 6.46. The van der Waals surface area contributed by atoms with Gasteiger partial charge in [0.2, 0.25) is 11.7 Å². The molecule has 35 nitrogen and oxygen atoms in total. The fourth-order valence-electron chi connectivity index (χ4n) is 15.7. The Hall–Kier alpha value is -8.11. The molecule has 2 bridgehead atoms. The van der Waals surface area contributed by atoms with E-state index in [1.165, 1.54) is 18.3 Å². The summed E-state index contributed by atoms with van der Waals surface area (Å²) < 4.78 is 73.1. The first-order chi connectivity index (χ1) is 57.4. The first-order valence-corrected chi connectivity index (χ1v) is 41.9. The molecular weight excluding hydrogens is 1540 g/mol. The van der Waals surface area contributed by atoms with E-state index in [4.69, 9.17) is 83.7 Å². The van der Waals surface area contributed by atoms with Gasteiger partial charge < -0.3 is 109 Å². The van der Waals surface area contributed by atoms with E-state index < -0.39 is 102 Å². The van der Waals surface area contributed by atoms with Crippen LogP contribution < -0.4 is 22.5 Å². The van der Waals surface area contributed by atoms with Gasteiger partial charge in [0.1, 0.15) is 53.4 Å². The molecule has 3 fully saturated rings. The smallest absolute Gasteiger partial charge is 0.329 e. The number of hydrogen-bond donors (Lipinski definition) is 8. The van der Waals surface area contributed by atoms with Crippen LogP contribution in [0.15, 0.2) is 87.9 Å². The van der Waals surface area contributed by atoms with Crippen LogP contribution in [0.2, 0.25) is 0 Å². The van der Waals surface area contributed by atoms with Crippen molar-refractivity contribution in [2.45, 2.75) is 224 Å². The number of Topliss-reactive ketones (excluding diaryl/α,β-unsaturated/α-hetero) is 1. The Bertz CT molecular complexity index is 4130. The number of allylic oxidation sites excluding steroid dienone is 5. The number of aliphatic hydroxyl groups excluding tert-OH is 3. The molecule has 1 saturated carbocycles. The summed E-state index contributed by atoms with van der Waals surface area (Å²) in [7, 11) is 4.66. The molecule has 16 atom stereocenters. The number of aryl methyl sites for hydroxylation is 1. The Labute approximate surface area is 696 Å². The summed E-state index contributed by atoms with van der Waals surface area (Å²) >= 11 is 0. The number of anilines is 2. The van der Waals surface area contributed by atoms with Gasteiger partial charge in [-0.05, 0) is 132 Å². The average Bonchev–Trinajstić information content (AvgIpc) is 1.62. The summed E-state index contributed by atoms with van der Waals surface area (Å²) in [4.78, 5) is 76.2. The number of nitrogen functional groups attached to an aromatic ring is 2. The van der Waals surface area contributed by atoms with Crippen LogP contribution in [0.4, 0.5) is 11.8 Å². The first-order valence-electron chi connectivity index (χ1n) is 41.9. The minimum atomic E-state index is -2.47. The fourth-order valence-corrected chi connectivity index (χ4v) is 15.7. The Morgan fingerprint density at radius 2 is 1.47 bits per heavy atom. The van der Waals surface area contributed by atoms with E-state index in [-0.39, 0.29) is 74.9 Å². The van der Waals surface area contributed by atoms with Gasteiger partial charge in [-0.15, -0.1) is 5.10 Å². The molecular formula is C84H128N14O21. The highest BCUT2D eigenvalue weighted by Crippen LogP contribution is 2.39. The van der Waals surface area contributed by atoms with Gasteiger partial charge in [0.15, 0.2) is 17.8 Å². The number of ether oxygens (including phenoxy) is 11. The van der Waals surface area contributed by atoms with Crippen LogP contribution >= 0.6 is 0 Å². The lowest BCUT2D eigenvalue weighted by atomic mass is 9.80. The number of rotatable bonds is 36. The zero-order valence-corrected chi connectivity index (χ0v) is 70.6. The molecule has 2 amide bonds. The number of carbonyl (C=O) groups excluding carboxylic acids is 4. The maximum absolute atomic E-state index is 14.8. The van der Waals surface area contributed by atoms with Crippen molar-refractivity contribution in [1.29, 1.82) is 0 Å². The lowest BCUT2D eigenvalue weighted by Gasteiger charge is -2.43. The van der Waals surface area contributed by atoms with Crippen molar-refractivity contribution in [1.82, 2.24) is 49.9 Å². The van der Waals surface area contributed by atoms with Crippen molar-refractivity contribution in [3.8, 4) is 11.3 Å². The van der Waals surface area contributed by atoms with Crippen LogP contribution in [0.25, 0.3) is 33.4 Å². The molecule has 11 N–H and O–H groups in total. The van der Waals surface area contributed by atoms with E-state index in [0.717, 1.165) is 24.0 Å². The van der Waals surface area contributed by atoms with Gasteiger partial charge in [-0.1, -0.05) is 74.5 Å². The van der Waals surface area contributed by atoms with Crippen LogP contribution in [0.1, 0.15) is 144 Å². The highest BCUT2D eigenvalue weighted by molar-refractivity contribution is 6.39. The largest absolute Gasteiger partial charge is 0.459 e. The zero-order valence-electron chi connectivity index (χ0n) is 70.6. The number of aliphatic hydroxyl groups is 4. The molecule has 7 heterocycles. The fraction of sp³-hybridized carbons (Fsp3) is 0.679. The molecule has 1 aromatic carbocycles. The summed E-state index contributed by atoms with van der Waals surface area (Å²) in [6.07, 6.45) is 14.5. The number of methoxy groups -OCH3 is 3. The van der Waals surface area contributed by atoms with E-state index in [1.54, 1.807) is 55.8 Å². The minimum Gasteiger partial charge on any atom is -0.459 e. The number of piperidine rings is 1. The van der Waals surface area contributed by atoms with E-state index in [1.807, 2.05) is 70.2 Å². The normalized spacial score (nSPS) is 27.7. The molecule has 2 saturated heterocycles. The predicted molar refractivity (Wildman–Crippen MR) is 441 cm³/mol. The number of benzene rings is 1. The van der Waals surface area contributed by atoms with Crippen molar-refractivity contribution in [3.63, 3.8) is 0 Å². The molecule has 0 spiro atoms. The first kappa shape index (κ1) is 94.7. The van der Waals surface area contributed by atoms with Gasteiger partial charge in [-0.2, -0.15) is 10.1 Å². The molecule has 35 heteroatoms. The number of nitrogens with zero attached hydrogens (tertiary/aromatic N) is 10. The highest BCUT2D eigenvalue weighted by atomic mass is 16.6. The number of hydrogen-bond acceptors (Lipinski definition) is 31. The van der Waals surface area contributed by atoms with E-state index in [9.17, 15) is 39.6 Å². The minimum absolute atomic E-state index is 0.00847. The topological polar surface area (TPSA) is 466 Å². The van der Waals surface area contributed by atoms with Gasteiger partial charge in [0, 0.05) is 89.6 Å². The van der Waals surface area contributed by atoms with Gasteiger partial charge in [0.05, 0.1) is 134 Å². The lowest BCUT2D eigenvalue weighted by molar-refractivity contribution is -0.265. The van der Waals surface area contributed by atoms with Crippen molar-refractivity contribution >= 4 is 63.2 Å². The molecule has 5 aromatic rings. The average molecular weight is 1670 g/mol. The maximum Gasteiger partial charge on any atom is 0.329 e. The summed E-state index contributed by atoms with van der Waals surface area (Å²) in [5, 5.41) is 68.5. The Morgan fingerprint density at radius 3 is 2.18 bits per heavy atom. The Morgan fingerprint density at radius 1 is 0.765 bits per heavy atom. The number of carbonyl (C=O) groups is 4. The Balaban J connectivity index is 0.683. The van der Waals surface area contributed by atoms with E-state index in [0.29, 0.717) is 195 Å². The molecule has 4 aromatic heterocycles. The van der Waals surface area contributed by atoms with Crippen molar-refractivity contribution in [2.24, 2.45) is 40.5 Å². The third-order valence-electron chi connectivity index (χ3n) is 22.6. The zero-order chi connectivity index (χ0) is 85.4. The van der Waals surface area contributed by atoms with Crippen LogP contribution in [0.3, 0.4) is 0 Å². The summed E-state index contributed by atoms with van der Waals surface area (Å²) in [6.45, 7) is 16.9. The standard InChI is InChI=1S/C84H128N14O21/c1-53-17-11-10-12-18-54(2)68(107-7)48-62-23-20-58(6)84(106,119-62)78(103)81(104)97-28-15-13-19-65(97)82(105)117-70(63(85)45-59-21-24-66(99)71(46-59)109-9)49-69(108-8)55(3)44-57(5)76(101)77(102)74(56(4)43-53)94-116-51-61-50-96(95-92-61)30-32-111-34-36-113-38-40-115-42-41-114-39-37-112-35-33-110-31-26-72(100)88-27-14-16-29-98-80-73(79(86)89-52-90-80)75(93-98)60-22-25-67-64(47-60)91-83(87)118-67/h10-12,17-18,22,25,44,47,50,52-53,55-56,58-59,62-63,65-66,68-71,76-77,99,101-102,106H,13-16,19-21,23-24,26-43,45-46,48-49,51,85H2,1-9H3,(H2,87,91)(H,88,100)(H2,86,89,90)/b12-10?,17-11+,54-18?,57-44+,94-74-/t53-,55-,56-,58-,59+,62+,63-,65+,66-,68+,69-,70+,71-,76-,77+,84-/m1/s1. The van der Waals surface area contributed by atoms with Crippen molar-refractivity contribution < 1.29 is 101 Å². The van der Waals surface area contributed by atoms with E-state index in [2.05, 4.69) is 35.7 Å². The summed E-state index contributed by atoms with van der Waals surface area (Å²) in [6, 6.07) is 3.63. The third kappa shape index (κ3) is 28.2. The van der Waals surface area contributed by atoms with Crippen molar-refractivity contribution in [2.75, 3.05) is 125 Å². The number of amides is 2. The Kier molecular flexibility index (Phi) is 38.6. The monoisotopic (exact) mass is 1670 g/mol. The molecule has 3 aliphatic heterocycles. The molecule has 0 radical (unpaired) electrons. The molecule has 119 heavy (non-hydrogen) atoms. The van der Waals surface area contributed by atoms with Crippen LogP contribution in [-0.4, -0.2) is 275 Å². The number of fused-ring (bicyclic) bond motifs is 5. The number of cyclic esters (lactones) is 1. The second-order valence-corrected chi connectivity index (χ2v) is 31.6. The summed E-state index contributed by atoms with van der Waals surface area (Å²) in [5.74, 6) is -6.86. The lowest BCUT2D eigenvalue weighted by Crippen LogP contribution is -2.61. The van der Waals surface area contributed by atoms with Crippen molar-refractivity contribution in [3.05, 3.63) is 84.0 Å². The van der Waals surface area contributed by atoms with Gasteiger partial charge in [-0.25, -0.2) is 24.1 Å². The SMILES string of the molecule is CO[C@H]1C[C@@H]2CC[C@@H](C)[C@@](O)(O2)C(=O)C(=O)N2CCCC[C@H]2C(=O)O[C@H]([C@H](N)C[C@@H]2CC[C@@H](O)[C@H](OC)C2)C[C@@H](OC)[C@H](C)/C=C(\C)[C@@H](O)[C@@H](O)/C(=N\OCc2cn(CCOCCOCCOCCOCCOCCOCCC(=O)NCCCCn3nc(-c4ccc5oc(N)nc5c4)c4c(N)ncnc43)nn2)[C@H](C)C[C@H](C)/C=C/C=CC=C1C. The number of oxime groups is 1. The summed E-state index contributed by atoms with van der Waals surface area (Å²) in [5.41, 5.74) is 24.2. The second kappa shape index (κ2) is 48.5. The number of ketones is 1. The third-order valence-corrected chi connectivity index (χ3v) is 22.6. The highest BCUT2D eigenvalue weighted by Gasteiger charge is 2.53. The second-order valence-electron chi connectivity index (χ2n) is 31.6. The number of nitrogens with two attached hydrogens (primary N) is 3. The molecule has 660 valence electrons. The number of aromatic nitrogens is 8. The van der Waals surface area contributed by atoms with E-state index >= 15 is 0 Å². The molecule has 1 aliphatic carbocycles. The van der Waals surface area contributed by atoms with Gasteiger partial charge in [0.25, 0.3) is 17.7 Å². The molecule has 9 rings (SSSR count). The number of oxazole rings is 1. The molecule has 0 unspecified atom stereocenters. The van der Waals surface area contributed by atoms with Gasteiger partial charge >= 0.3 is 5.97 Å². The maximum atomic E-state index is 14.8.